The Labute approximate surface area is 172 Å². The molecule has 3 aromatic rings. The van der Waals surface area contributed by atoms with E-state index in [1.165, 1.54) is 0 Å². The number of furan rings is 1. The topological polar surface area (TPSA) is 132 Å². The van der Waals surface area contributed by atoms with E-state index in [1.54, 1.807) is 36.7 Å². The van der Waals surface area contributed by atoms with Crippen LogP contribution in [0.15, 0.2) is 47.2 Å². The Kier molecular flexibility index (Phi) is 5.62. The van der Waals surface area contributed by atoms with E-state index in [0.29, 0.717) is 17.1 Å². The highest BCUT2D eigenvalue weighted by Crippen LogP contribution is 2.28. The van der Waals surface area contributed by atoms with Crippen molar-refractivity contribution in [3.63, 3.8) is 0 Å². The van der Waals surface area contributed by atoms with Crippen molar-refractivity contribution in [1.82, 2.24) is 9.97 Å². The van der Waals surface area contributed by atoms with Gasteiger partial charge in [-0.15, -0.1) is 0 Å². The summed E-state index contributed by atoms with van der Waals surface area (Å²) in [5.74, 6) is -0.671. The van der Waals surface area contributed by atoms with Crippen LogP contribution in [0.25, 0.3) is 11.5 Å². The molecule has 0 unspecified atom stereocenters. The fraction of sp³-hybridized carbons (Fsp3) is 0.286. The van der Waals surface area contributed by atoms with Crippen LogP contribution in [0.5, 0.6) is 0 Å². The Morgan fingerprint density at radius 3 is 2.77 bits per heavy atom. The van der Waals surface area contributed by atoms with Crippen molar-refractivity contribution < 1.29 is 13.6 Å². The molecule has 2 atom stereocenters. The van der Waals surface area contributed by atoms with Crippen LogP contribution in [-0.2, 0) is 0 Å². The third-order valence-electron chi connectivity index (χ3n) is 5.18. The number of aromatic nitrogens is 2. The molecule has 0 saturated heterocycles. The molecule has 3 heterocycles. The van der Waals surface area contributed by atoms with E-state index in [9.17, 15) is 9.18 Å². The van der Waals surface area contributed by atoms with Crippen LogP contribution in [-0.4, -0.2) is 28.0 Å². The minimum absolute atomic E-state index is 0.0326. The van der Waals surface area contributed by atoms with Crippen LogP contribution in [0.2, 0.25) is 0 Å². The Balaban J connectivity index is 1.64. The molecule has 1 aliphatic carbocycles. The number of halogens is 1. The lowest BCUT2D eigenvalue weighted by atomic mass is 9.91. The van der Waals surface area contributed by atoms with Crippen LogP contribution in [0.4, 0.5) is 21.7 Å². The summed E-state index contributed by atoms with van der Waals surface area (Å²) in [5, 5.41) is 6.14. The summed E-state index contributed by atoms with van der Waals surface area (Å²) < 4.78 is 20.0. The van der Waals surface area contributed by atoms with Gasteiger partial charge in [0.25, 0.3) is 5.91 Å². The van der Waals surface area contributed by atoms with Crippen molar-refractivity contribution in [3.05, 3.63) is 54.2 Å². The van der Waals surface area contributed by atoms with Gasteiger partial charge < -0.3 is 26.5 Å². The van der Waals surface area contributed by atoms with Gasteiger partial charge in [-0.25, -0.2) is 9.37 Å². The van der Waals surface area contributed by atoms with Gasteiger partial charge in [-0.2, -0.15) is 0 Å². The molecule has 1 amide bonds. The molecular weight excluding hydrogens is 387 g/mol. The molecule has 0 radical (unpaired) electrons. The van der Waals surface area contributed by atoms with E-state index in [0.717, 1.165) is 31.7 Å². The van der Waals surface area contributed by atoms with Gasteiger partial charge in [0.2, 0.25) is 0 Å². The Morgan fingerprint density at radius 1 is 1.20 bits per heavy atom. The van der Waals surface area contributed by atoms with Crippen LogP contribution in [0, 0.1) is 5.82 Å². The first-order chi connectivity index (χ1) is 14.5. The summed E-state index contributed by atoms with van der Waals surface area (Å²) in [6.07, 6.45) is 6.92. The van der Waals surface area contributed by atoms with Crippen molar-refractivity contribution in [2.45, 2.75) is 37.8 Å². The molecule has 1 aliphatic rings. The molecule has 9 heteroatoms. The lowest BCUT2D eigenvalue weighted by molar-refractivity contribution is 0.100. The molecule has 0 bridgehead atoms. The maximum Gasteiger partial charge on any atom is 0.252 e. The van der Waals surface area contributed by atoms with Crippen molar-refractivity contribution >= 4 is 23.2 Å². The summed E-state index contributed by atoms with van der Waals surface area (Å²) in [4.78, 5) is 20.5. The van der Waals surface area contributed by atoms with E-state index < -0.39 is 11.7 Å². The normalized spacial score (nSPS) is 18.7. The van der Waals surface area contributed by atoms with Gasteiger partial charge in [0.1, 0.15) is 11.5 Å². The first kappa shape index (κ1) is 19.8. The standard InChI is InChI=1S/C21H23FN6O2/c22-14-11-13(19(24)29)20(28-21(14)27-16-5-2-1-4-15(16)23)26-12-7-8-25-17(10-12)18-6-3-9-30-18/h3,6-11,15-16H,1-2,4-5,23H2,(H2,24,29)(H2,25,26,27,28)/t15-,16+/m0/s1. The van der Waals surface area contributed by atoms with E-state index in [2.05, 4.69) is 20.6 Å². The number of carbonyl (C=O) groups excluding carboxylic acids is 1. The Hall–Kier alpha value is -3.46. The van der Waals surface area contributed by atoms with E-state index in [-0.39, 0.29) is 29.3 Å². The van der Waals surface area contributed by atoms with Crippen molar-refractivity contribution in [2.24, 2.45) is 11.5 Å². The largest absolute Gasteiger partial charge is 0.463 e. The molecule has 6 N–H and O–H groups in total. The maximum absolute atomic E-state index is 14.6. The monoisotopic (exact) mass is 410 g/mol. The average molecular weight is 410 g/mol. The minimum Gasteiger partial charge on any atom is -0.463 e. The molecule has 4 rings (SSSR count). The zero-order valence-corrected chi connectivity index (χ0v) is 16.3. The zero-order valence-electron chi connectivity index (χ0n) is 16.3. The van der Waals surface area contributed by atoms with Crippen LogP contribution < -0.4 is 22.1 Å². The number of hydrogen-bond donors (Lipinski definition) is 4. The number of pyridine rings is 2. The first-order valence-corrected chi connectivity index (χ1v) is 9.80. The number of rotatable bonds is 6. The summed E-state index contributed by atoms with van der Waals surface area (Å²) in [6.45, 7) is 0. The van der Waals surface area contributed by atoms with Gasteiger partial charge in [0.15, 0.2) is 17.4 Å². The number of carbonyl (C=O) groups is 1. The van der Waals surface area contributed by atoms with E-state index in [4.69, 9.17) is 15.9 Å². The van der Waals surface area contributed by atoms with Gasteiger partial charge in [0, 0.05) is 24.0 Å². The fourth-order valence-corrected chi connectivity index (χ4v) is 3.59. The highest BCUT2D eigenvalue weighted by molar-refractivity contribution is 5.98. The second-order valence-corrected chi connectivity index (χ2v) is 7.31. The predicted octanol–water partition coefficient (Wildman–Crippen LogP) is 3.40. The highest BCUT2D eigenvalue weighted by Gasteiger charge is 2.24. The summed E-state index contributed by atoms with van der Waals surface area (Å²) in [5.41, 5.74) is 12.7. The Morgan fingerprint density at radius 2 is 2.03 bits per heavy atom. The van der Waals surface area contributed by atoms with Crippen LogP contribution in [0.3, 0.4) is 0 Å². The number of nitrogens with two attached hydrogens (primary N) is 2. The third-order valence-corrected chi connectivity index (χ3v) is 5.18. The average Bonchev–Trinajstić information content (AvgIpc) is 3.27. The predicted molar refractivity (Wildman–Crippen MR) is 112 cm³/mol. The van der Waals surface area contributed by atoms with Crippen LogP contribution in [0.1, 0.15) is 36.0 Å². The smallest absolute Gasteiger partial charge is 0.252 e. The molecule has 0 aliphatic heterocycles. The number of anilines is 3. The summed E-state index contributed by atoms with van der Waals surface area (Å²) in [6, 6.07) is 7.90. The van der Waals surface area contributed by atoms with Gasteiger partial charge in [0.05, 0.1) is 11.8 Å². The summed E-state index contributed by atoms with van der Waals surface area (Å²) >= 11 is 0. The van der Waals surface area contributed by atoms with Gasteiger partial charge in [-0.3, -0.25) is 9.78 Å². The van der Waals surface area contributed by atoms with Crippen molar-refractivity contribution in [1.29, 1.82) is 0 Å². The maximum atomic E-state index is 14.6. The second-order valence-electron chi connectivity index (χ2n) is 7.31. The van der Waals surface area contributed by atoms with Crippen LogP contribution >= 0.6 is 0 Å². The molecule has 30 heavy (non-hydrogen) atoms. The third kappa shape index (κ3) is 4.25. The van der Waals surface area contributed by atoms with E-state index >= 15 is 0 Å². The lowest BCUT2D eigenvalue weighted by Gasteiger charge is -2.30. The van der Waals surface area contributed by atoms with Crippen molar-refractivity contribution in [3.8, 4) is 11.5 Å². The lowest BCUT2D eigenvalue weighted by Crippen LogP contribution is -2.43. The molecule has 1 saturated carbocycles. The number of amides is 1. The molecular formula is C21H23FN6O2. The minimum atomic E-state index is -0.787. The molecule has 1 fully saturated rings. The fourth-order valence-electron chi connectivity index (χ4n) is 3.59. The molecule has 156 valence electrons. The number of primary amides is 1. The molecule has 3 aromatic heterocycles. The van der Waals surface area contributed by atoms with E-state index in [1.807, 2.05) is 0 Å². The molecule has 0 spiro atoms. The number of hydrogen-bond acceptors (Lipinski definition) is 7. The zero-order chi connectivity index (χ0) is 21.1. The van der Waals surface area contributed by atoms with Gasteiger partial charge in [-0.05, 0) is 43.2 Å². The number of nitrogens with one attached hydrogen (secondary N) is 2. The SMILES string of the molecule is NC(=O)c1cc(F)c(N[C@@H]2CCCC[C@@H]2N)nc1Nc1ccnc(-c2ccco2)c1. The number of nitrogens with zero attached hydrogens (tertiary/aromatic N) is 2. The molecule has 8 nitrogen and oxygen atoms in total. The summed E-state index contributed by atoms with van der Waals surface area (Å²) in [7, 11) is 0. The molecule has 0 aromatic carbocycles. The first-order valence-electron chi connectivity index (χ1n) is 9.80. The van der Waals surface area contributed by atoms with Crippen molar-refractivity contribution in [2.75, 3.05) is 10.6 Å². The van der Waals surface area contributed by atoms with Gasteiger partial charge >= 0.3 is 0 Å². The highest BCUT2D eigenvalue weighted by atomic mass is 19.1. The second kappa shape index (κ2) is 8.50. The van der Waals surface area contributed by atoms with Gasteiger partial charge in [-0.1, -0.05) is 12.8 Å². The Bertz CT molecular complexity index is 1040. The quantitative estimate of drug-likeness (QED) is 0.489.